The summed E-state index contributed by atoms with van der Waals surface area (Å²) >= 11 is 0. The maximum absolute atomic E-state index is 11.7. The van der Waals surface area contributed by atoms with Crippen LogP contribution in [0.3, 0.4) is 0 Å². The molecule has 0 radical (unpaired) electrons. The molecule has 0 aliphatic carbocycles. The lowest BCUT2D eigenvalue weighted by molar-refractivity contribution is 0.217. The molecule has 1 aromatic carbocycles. The van der Waals surface area contributed by atoms with Crippen LogP contribution < -0.4 is 0 Å². The molecule has 0 aliphatic rings. The molecule has 1 heterocycles. The zero-order chi connectivity index (χ0) is 14.6. The van der Waals surface area contributed by atoms with Gasteiger partial charge in [-0.05, 0) is 6.92 Å². The van der Waals surface area contributed by atoms with E-state index in [0.29, 0.717) is 5.82 Å². The van der Waals surface area contributed by atoms with E-state index in [-0.39, 0.29) is 24.0 Å². The number of benzene rings is 1. The number of hydrogen-bond donors (Lipinski definition) is 0. The second-order valence-corrected chi connectivity index (χ2v) is 6.65. The topological polar surface area (TPSA) is 82.3 Å². The van der Waals surface area contributed by atoms with Crippen molar-refractivity contribution in [1.29, 1.82) is 0 Å². The number of methoxy groups -OCH3 is 1. The Morgan fingerprint density at radius 3 is 2.60 bits per heavy atom. The minimum Gasteiger partial charge on any atom is -0.384 e. The summed E-state index contributed by atoms with van der Waals surface area (Å²) in [7, 11) is -1.84. The Bertz CT molecular complexity index is 662. The van der Waals surface area contributed by atoms with E-state index in [4.69, 9.17) is 9.26 Å². The first-order valence-electron chi connectivity index (χ1n) is 6.09. The molecule has 0 saturated carbocycles. The first-order chi connectivity index (χ1) is 9.50. The number of aryl methyl sites for hydroxylation is 1. The fourth-order valence-corrected chi connectivity index (χ4v) is 2.66. The third-order valence-corrected chi connectivity index (χ3v) is 4.20. The van der Waals surface area contributed by atoms with E-state index in [0.717, 1.165) is 11.1 Å². The first-order valence-corrected chi connectivity index (χ1v) is 7.91. The molecule has 2 rings (SSSR count). The highest BCUT2D eigenvalue weighted by Gasteiger charge is 2.17. The van der Waals surface area contributed by atoms with Gasteiger partial charge >= 0.3 is 0 Å². The summed E-state index contributed by atoms with van der Waals surface area (Å²) in [6.07, 6.45) is 0. The second-order valence-electron chi connectivity index (χ2n) is 4.46. The third kappa shape index (κ3) is 3.88. The van der Waals surface area contributed by atoms with E-state index in [1.165, 1.54) is 7.11 Å². The molecule has 6 nitrogen and oxygen atoms in total. The lowest BCUT2D eigenvalue weighted by Gasteiger charge is -1.99. The number of hydrogen-bond acceptors (Lipinski definition) is 6. The van der Waals surface area contributed by atoms with Crippen LogP contribution in [0, 0.1) is 6.92 Å². The minimum absolute atomic E-state index is 0.0637. The third-order valence-electron chi connectivity index (χ3n) is 2.72. The Kier molecular flexibility index (Phi) is 4.51. The zero-order valence-corrected chi connectivity index (χ0v) is 12.2. The van der Waals surface area contributed by atoms with Crippen molar-refractivity contribution in [3.8, 4) is 11.4 Å². The molecule has 7 heteroatoms. The van der Waals surface area contributed by atoms with Gasteiger partial charge in [0.25, 0.3) is 0 Å². The molecule has 2 aromatic rings. The number of ether oxygens (including phenoxy) is 1. The number of nitrogens with zero attached hydrogens (tertiary/aromatic N) is 2. The molecule has 108 valence electrons. The summed E-state index contributed by atoms with van der Waals surface area (Å²) in [4.78, 5) is 4.11. The molecule has 1 aromatic heterocycles. The number of sulfone groups is 1. The molecule has 0 unspecified atom stereocenters. The van der Waals surface area contributed by atoms with Crippen molar-refractivity contribution >= 4 is 9.84 Å². The van der Waals surface area contributed by atoms with Crippen LogP contribution in [-0.2, 0) is 20.3 Å². The van der Waals surface area contributed by atoms with Crippen LogP contribution in [0.4, 0.5) is 0 Å². The average Bonchev–Trinajstić information content (AvgIpc) is 2.85. The van der Waals surface area contributed by atoms with Gasteiger partial charge in [0.15, 0.2) is 9.84 Å². The van der Waals surface area contributed by atoms with Crippen molar-refractivity contribution < 1.29 is 17.7 Å². The predicted octanol–water partition coefficient (Wildman–Crippen LogP) is 1.61. The molecule has 0 N–H and O–H groups in total. The van der Waals surface area contributed by atoms with Crippen molar-refractivity contribution in [2.75, 3.05) is 19.5 Å². The SMILES string of the molecule is COCCS(=O)(=O)Cc1nc(-c2ccc(C)cc2)no1. The van der Waals surface area contributed by atoms with Crippen LogP contribution in [0.5, 0.6) is 0 Å². The number of aromatic nitrogens is 2. The fraction of sp³-hybridized carbons (Fsp3) is 0.385. The summed E-state index contributed by atoms with van der Waals surface area (Å²) in [5.74, 6) is 0.152. The van der Waals surface area contributed by atoms with E-state index in [2.05, 4.69) is 10.1 Å². The van der Waals surface area contributed by atoms with Crippen LogP contribution in [0.1, 0.15) is 11.5 Å². The molecule has 0 amide bonds. The number of rotatable bonds is 6. The summed E-state index contributed by atoms with van der Waals surface area (Å²) in [5.41, 5.74) is 1.92. The summed E-state index contributed by atoms with van der Waals surface area (Å²) in [5, 5.41) is 3.80. The van der Waals surface area contributed by atoms with Crippen molar-refractivity contribution in [1.82, 2.24) is 10.1 Å². The maximum Gasteiger partial charge on any atom is 0.242 e. The highest BCUT2D eigenvalue weighted by Crippen LogP contribution is 2.17. The monoisotopic (exact) mass is 296 g/mol. The van der Waals surface area contributed by atoms with Gasteiger partial charge in [-0.1, -0.05) is 35.0 Å². The lowest BCUT2D eigenvalue weighted by atomic mass is 10.1. The Morgan fingerprint density at radius 1 is 1.25 bits per heavy atom. The standard InChI is InChI=1S/C13H16N2O4S/c1-10-3-5-11(6-4-10)13-14-12(19-15-13)9-20(16,17)8-7-18-2/h3-6H,7-9H2,1-2H3. The molecule has 20 heavy (non-hydrogen) atoms. The molecule has 0 aliphatic heterocycles. The average molecular weight is 296 g/mol. The van der Waals surface area contributed by atoms with Gasteiger partial charge in [0.2, 0.25) is 11.7 Å². The fourth-order valence-electron chi connectivity index (χ4n) is 1.60. The summed E-state index contributed by atoms with van der Waals surface area (Å²) in [6.45, 7) is 2.13. The van der Waals surface area contributed by atoms with Gasteiger partial charge in [-0.15, -0.1) is 0 Å². The highest BCUT2D eigenvalue weighted by molar-refractivity contribution is 7.90. The van der Waals surface area contributed by atoms with Crippen molar-refractivity contribution in [3.05, 3.63) is 35.7 Å². The normalized spacial score (nSPS) is 11.7. The van der Waals surface area contributed by atoms with Gasteiger partial charge in [0.05, 0.1) is 12.4 Å². The molecule has 0 saturated heterocycles. The lowest BCUT2D eigenvalue weighted by Crippen LogP contribution is -2.13. The van der Waals surface area contributed by atoms with Gasteiger partial charge in [-0.3, -0.25) is 0 Å². The van der Waals surface area contributed by atoms with Crippen molar-refractivity contribution in [2.24, 2.45) is 0 Å². The van der Waals surface area contributed by atoms with Gasteiger partial charge in [-0.25, -0.2) is 8.42 Å². The van der Waals surface area contributed by atoms with Crippen LogP contribution in [0.25, 0.3) is 11.4 Å². The summed E-state index contributed by atoms with van der Waals surface area (Å²) in [6, 6.07) is 7.59. The van der Waals surface area contributed by atoms with E-state index in [9.17, 15) is 8.42 Å². The van der Waals surface area contributed by atoms with Crippen LogP contribution in [-0.4, -0.2) is 38.0 Å². The molecular formula is C13H16N2O4S. The van der Waals surface area contributed by atoms with Gasteiger partial charge in [0.1, 0.15) is 5.75 Å². The molecular weight excluding hydrogens is 280 g/mol. The molecule has 0 atom stereocenters. The van der Waals surface area contributed by atoms with E-state index in [1.807, 2.05) is 31.2 Å². The Morgan fingerprint density at radius 2 is 1.95 bits per heavy atom. The Hall–Kier alpha value is -1.73. The van der Waals surface area contributed by atoms with Crippen molar-refractivity contribution in [2.45, 2.75) is 12.7 Å². The van der Waals surface area contributed by atoms with E-state index in [1.54, 1.807) is 0 Å². The molecule has 0 bridgehead atoms. The summed E-state index contributed by atoms with van der Waals surface area (Å²) < 4.78 is 33.2. The molecule has 0 fully saturated rings. The Labute approximate surface area is 117 Å². The van der Waals surface area contributed by atoms with Crippen LogP contribution in [0.2, 0.25) is 0 Å². The van der Waals surface area contributed by atoms with E-state index < -0.39 is 9.84 Å². The highest BCUT2D eigenvalue weighted by atomic mass is 32.2. The Balaban J connectivity index is 2.11. The van der Waals surface area contributed by atoms with Crippen LogP contribution in [0.15, 0.2) is 28.8 Å². The largest absolute Gasteiger partial charge is 0.384 e. The van der Waals surface area contributed by atoms with Gasteiger partial charge in [-0.2, -0.15) is 4.98 Å². The smallest absolute Gasteiger partial charge is 0.242 e. The quantitative estimate of drug-likeness (QED) is 0.805. The maximum atomic E-state index is 11.7. The van der Waals surface area contributed by atoms with Crippen LogP contribution >= 0.6 is 0 Å². The van der Waals surface area contributed by atoms with Gasteiger partial charge in [0, 0.05) is 12.7 Å². The first kappa shape index (κ1) is 14.7. The van der Waals surface area contributed by atoms with Gasteiger partial charge < -0.3 is 9.26 Å². The second kappa shape index (κ2) is 6.15. The van der Waals surface area contributed by atoms with E-state index >= 15 is 0 Å². The zero-order valence-electron chi connectivity index (χ0n) is 11.4. The minimum atomic E-state index is -3.29. The van der Waals surface area contributed by atoms with Crippen molar-refractivity contribution in [3.63, 3.8) is 0 Å². The molecule has 0 spiro atoms. The predicted molar refractivity (Wildman–Crippen MR) is 73.8 cm³/mol.